The van der Waals surface area contributed by atoms with Crippen molar-refractivity contribution in [2.45, 2.75) is 26.8 Å². The van der Waals surface area contributed by atoms with Gasteiger partial charge in [0.1, 0.15) is 12.3 Å². The van der Waals surface area contributed by atoms with E-state index in [1.807, 2.05) is 41.1 Å². The number of benzene rings is 2. The molecule has 6 heteroatoms. The molecule has 28 heavy (non-hydrogen) atoms. The third-order valence-corrected chi connectivity index (χ3v) is 4.39. The molecule has 0 bridgehead atoms. The van der Waals surface area contributed by atoms with E-state index < -0.39 is 0 Å². The molecule has 0 saturated heterocycles. The first-order valence-electron chi connectivity index (χ1n) is 9.39. The fourth-order valence-corrected chi connectivity index (χ4v) is 2.79. The van der Waals surface area contributed by atoms with Crippen LogP contribution in [-0.2, 0) is 11.3 Å². The molecule has 0 unspecified atom stereocenters. The van der Waals surface area contributed by atoms with E-state index in [-0.39, 0.29) is 18.4 Å². The molecule has 1 heterocycles. The number of fused-ring (bicyclic) bond motifs is 1. The number of nitrogens with zero attached hydrogens (tertiary/aromatic N) is 1. The Morgan fingerprint density at radius 2 is 1.75 bits per heavy atom. The van der Waals surface area contributed by atoms with E-state index >= 15 is 0 Å². The van der Waals surface area contributed by atoms with E-state index in [2.05, 4.69) is 24.7 Å². The van der Waals surface area contributed by atoms with Crippen molar-refractivity contribution in [1.82, 2.24) is 15.4 Å². The molecular weight excluding hydrogens is 354 g/mol. The number of hydrogen-bond acceptors (Lipinski definition) is 3. The van der Waals surface area contributed by atoms with Gasteiger partial charge in [0, 0.05) is 17.3 Å². The predicted molar refractivity (Wildman–Crippen MR) is 109 cm³/mol. The summed E-state index contributed by atoms with van der Waals surface area (Å²) in [6, 6.07) is 16.6. The van der Waals surface area contributed by atoms with Crippen LogP contribution in [0.2, 0.25) is 0 Å². The topological polar surface area (TPSA) is 72.4 Å². The fourth-order valence-electron chi connectivity index (χ4n) is 2.79. The van der Waals surface area contributed by atoms with Gasteiger partial charge in [0.15, 0.2) is 0 Å². The van der Waals surface area contributed by atoms with Gasteiger partial charge in [-0.15, -0.1) is 0 Å². The lowest BCUT2D eigenvalue weighted by molar-refractivity contribution is -0.122. The smallest absolute Gasteiger partial charge is 0.269 e. The van der Waals surface area contributed by atoms with Crippen molar-refractivity contribution in [3.63, 3.8) is 0 Å². The Labute approximate surface area is 164 Å². The monoisotopic (exact) mass is 379 g/mol. The van der Waals surface area contributed by atoms with E-state index in [0.29, 0.717) is 18.1 Å². The second-order valence-electron chi connectivity index (χ2n) is 7.06. The van der Waals surface area contributed by atoms with Gasteiger partial charge in [-0.1, -0.05) is 32.0 Å². The predicted octanol–water partition coefficient (Wildman–Crippen LogP) is 3.53. The number of para-hydroxylation sites is 1. The first kappa shape index (κ1) is 19.5. The minimum Gasteiger partial charge on any atom is -0.494 e. The van der Waals surface area contributed by atoms with Crippen LogP contribution in [0.4, 0.5) is 0 Å². The van der Waals surface area contributed by atoms with Crippen molar-refractivity contribution in [2.24, 2.45) is 5.92 Å². The zero-order valence-electron chi connectivity index (χ0n) is 16.1. The van der Waals surface area contributed by atoms with E-state index in [9.17, 15) is 9.59 Å². The highest BCUT2D eigenvalue weighted by molar-refractivity contribution is 5.95. The molecule has 2 amide bonds. The van der Waals surface area contributed by atoms with E-state index in [0.717, 1.165) is 23.1 Å². The Morgan fingerprint density at radius 1 is 1.00 bits per heavy atom. The first-order valence-corrected chi connectivity index (χ1v) is 9.39. The van der Waals surface area contributed by atoms with Crippen molar-refractivity contribution >= 4 is 22.7 Å². The molecule has 0 aliphatic heterocycles. The lowest BCUT2D eigenvalue weighted by Gasteiger charge is -2.10. The Bertz CT molecular complexity index is 945. The largest absolute Gasteiger partial charge is 0.494 e. The van der Waals surface area contributed by atoms with Crippen LogP contribution in [0.5, 0.6) is 5.75 Å². The highest BCUT2D eigenvalue weighted by Crippen LogP contribution is 2.15. The van der Waals surface area contributed by atoms with Crippen LogP contribution in [0.25, 0.3) is 10.9 Å². The molecule has 2 N–H and O–H groups in total. The maximum absolute atomic E-state index is 12.2. The van der Waals surface area contributed by atoms with Gasteiger partial charge >= 0.3 is 0 Å². The number of carbonyl (C=O) groups is 2. The summed E-state index contributed by atoms with van der Waals surface area (Å²) in [5, 5.41) is 1.06. The zero-order valence-corrected chi connectivity index (χ0v) is 16.1. The van der Waals surface area contributed by atoms with Gasteiger partial charge < -0.3 is 9.30 Å². The minimum absolute atomic E-state index is 0.121. The van der Waals surface area contributed by atoms with Crippen molar-refractivity contribution in [3.05, 3.63) is 66.4 Å². The molecule has 0 radical (unpaired) electrons. The number of hydrogen-bond donors (Lipinski definition) is 2. The summed E-state index contributed by atoms with van der Waals surface area (Å²) in [6.45, 7) is 5.05. The number of carbonyl (C=O) groups excluding carboxylic acids is 2. The van der Waals surface area contributed by atoms with Crippen molar-refractivity contribution in [2.75, 3.05) is 6.61 Å². The molecule has 3 rings (SSSR count). The third-order valence-electron chi connectivity index (χ3n) is 4.39. The second kappa shape index (κ2) is 9.08. The second-order valence-corrected chi connectivity index (χ2v) is 7.06. The van der Waals surface area contributed by atoms with E-state index in [1.54, 1.807) is 24.3 Å². The quantitative estimate of drug-likeness (QED) is 0.617. The van der Waals surface area contributed by atoms with Gasteiger partial charge in [-0.05, 0) is 54.1 Å². The zero-order chi connectivity index (χ0) is 19.9. The van der Waals surface area contributed by atoms with Crippen molar-refractivity contribution in [1.29, 1.82) is 0 Å². The minimum atomic E-state index is -0.376. The molecule has 2 aromatic carbocycles. The van der Waals surface area contributed by atoms with Crippen LogP contribution in [0.1, 0.15) is 30.6 Å². The maximum atomic E-state index is 12.2. The highest BCUT2D eigenvalue weighted by Gasteiger charge is 2.09. The fraction of sp³-hybridized carbons (Fsp3) is 0.273. The summed E-state index contributed by atoms with van der Waals surface area (Å²) < 4.78 is 7.47. The number of hydrazine groups is 1. The lowest BCUT2D eigenvalue weighted by atomic mass is 10.1. The molecule has 0 spiro atoms. The molecule has 146 valence electrons. The third kappa shape index (κ3) is 5.13. The van der Waals surface area contributed by atoms with Gasteiger partial charge in [-0.25, -0.2) is 0 Å². The summed E-state index contributed by atoms with van der Waals surface area (Å²) in [7, 11) is 0. The Kier molecular flexibility index (Phi) is 6.32. The highest BCUT2D eigenvalue weighted by atomic mass is 16.5. The van der Waals surface area contributed by atoms with Crippen molar-refractivity contribution in [3.8, 4) is 5.75 Å². The average molecular weight is 379 g/mol. The molecule has 0 fully saturated rings. The molecule has 0 atom stereocenters. The molecule has 3 aromatic rings. The van der Waals surface area contributed by atoms with Crippen LogP contribution in [0, 0.1) is 5.92 Å². The van der Waals surface area contributed by atoms with E-state index in [1.165, 1.54) is 0 Å². The summed E-state index contributed by atoms with van der Waals surface area (Å²) in [5.74, 6) is 0.627. The van der Waals surface area contributed by atoms with Crippen LogP contribution >= 0.6 is 0 Å². The SMILES string of the molecule is CC(C)CCOc1ccc(C(=O)NNC(=O)Cn2ccc3ccccc32)cc1. The number of nitrogens with one attached hydrogen (secondary N) is 2. The number of ether oxygens (including phenoxy) is 1. The van der Waals surface area contributed by atoms with Crippen molar-refractivity contribution < 1.29 is 14.3 Å². The average Bonchev–Trinajstić information content (AvgIpc) is 3.09. The number of aromatic nitrogens is 1. The Hall–Kier alpha value is -3.28. The van der Waals surface area contributed by atoms with Gasteiger partial charge in [0.25, 0.3) is 11.8 Å². The van der Waals surface area contributed by atoms with E-state index in [4.69, 9.17) is 4.74 Å². The molecular formula is C22H25N3O3. The molecule has 0 aliphatic carbocycles. The van der Waals surface area contributed by atoms with Crippen LogP contribution in [-0.4, -0.2) is 23.0 Å². The summed E-state index contributed by atoms with van der Waals surface area (Å²) >= 11 is 0. The first-order chi connectivity index (χ1) is 13.5. The molecule has 0 saturated carbocycles. The molecule has 0 aliphatic rings. The standard InChI is InChI=1S/C22H25N3O3/c1-16(2)12-14-28-19-9-7-18(8-10-19)22(27)24-23-21(26)15-25-13-11-17-5-3-4-6-20(17)25/h3-11,13,16H,12,14-15H2,1-2H3,(H,23,26)(H,24,27). The van der Waals surface area contributed by atoms with Crippen LogP contribution < -0.4 is 15.6 Å². The van der Waals surface area contributed by atoms with Gasteiger partial charge in [0.05, 0.1) is 6.61 Å². The maximum Gasteiger partial charge on any atom is 0.269 e. The number of amides is 2. The number of rotatable bonds is 7. The summed E-state index contributed by atoms with van der Waals surface area (Å²) in [6.07, 6.45) is 2.83. The Balaban J connectivity index is 1.48. The van der Waals surface area contributed by atoms with Gasteiger partial charge in [-0.3, -0.25) is 20.4 Å². The molecule has 6 nitrogen and oxygen atoms in total. The molecule has 1 aromatic heterocycles. The summed E-state index contributed by atoms with van der Waals surface area (Å²) in [5.41, 5.74) is 6.32. The Morgan fingerprint density at radius 3 is 2.50 bits per heavy atom. The lowest BCUT2D eigenvalue weighted by Crippen LogP contribution is -2.43. The summed E-state index contributed by atoms with van der Waals surface area (Å²) in [4.78, 5) is 24.4. The van der Waals surface area contributed by atoms with Gasteiger partial charge in [0.2, 0.25) is 0 Å². The van der Waals surface area contributed by atoms with Crippen LogP contribution in [0.3, 0.4) is 0 Å². The normalized spacial score (nSPS) is 10.8. The van der Waals surface area contributed by atoms with Gasteiger partial charge in [-0.2, -0.15) is 0 Å². The van der Waals surface area contributed by atoms with Crippen LogP contribution in [0.15, 0.2) is 60.8 Å².